The summed E-state index contributed by atoms with van der Waals surface area (Å²) in [4.78, 5) is 23.3. The molecule has 10 heteroatoms. The van der Waals surface area contributed by atoms with Crippen LogP contribution >= 0.6 is 11.8 Å². The van der Waals surface area contributed by atoms with Crippen molar-refractivity contribution in [3.05, 3.63) is 0 Å². The van der Waals surface area contributed by atoms with Crippen LogP contribution in [0, 0.1) is 0 Å². The van der Waals surface area contributed by atoms with E-state index in [-0.39, 0.29) is 24.0 Å². The van der Waals surface area contributed by atoms with Gasteiger partial charge in [0.2, 0.25) is 5.91 Å². The second kappa shape index (κ2) is 15.7. The fraction of sp³-hybridized carbons (Fsp3) is 0.900. The summed E-state index contributed by atoms with van der Waals surface area (Å²) in [5, 5.41) is 9.36. The molecule has 3 amide bonds. The van der Waals surface area contributed by atoms with Gasteiger partial charge < -0.3 is 35.9 Å². The van der Waals surface area contributed by atoms with Gasteiger partial charge in [-0.2, -0.15) is 11.8 Å². The minimum atomic E-state index is -0.0464. The van der Waals surface area contributed by atoms with Gasteiger partial charge in [-0.05, 0) is 32.2 Å². The van der Waals surface area contributed by atoms with Crippen molar-refractivity contribution < 1.29 is 23.8 Å². The number of hydrogen-bond acceptors (Lipinski definition) is 7. The molecule has 0 radical (unpaired) electrons. The number of hydrogen-bond donors (Lipinski definition) is 4. The first-order valence-corrected chi connectivity index (χ1v) is 12.1. The Morgan fingerprint density at radius 2 is 1.70 bits per heavy atom. The molecule has 0 spiro atoms. The van der Waals surface area contributed by atoms with Crippen LogP contribution in [0.2, 0.25) is 0 Å². The van der Waals surface area contributed by atoms with Crippen molar-refractivity contribution >= 4 is 23.7 Å². The predicted octanol–water partition coefficient (Wildman–Crippen LogP) is 0.617. The van der Waals surface area contributed by atoms with E-state index in [1.54, 1.807) is 0 Å². The summed E-state index contributed by atoms with van der Waals surface area (Å²) >= 11 is 1.92. The zero-order valence-electron chi connectivity index (χ0n) is 17.9. The third-order valence-corrected chi connectivity index (χ3v) is 6.61. The Kier molecular flexibility index (Phi) is 13.2. The number of urea groups is 1. The monoisotopic (exact) mass is 446 g/mol. The maximum atomic E-state index is 11.9. The Bertz CT molecular complexity index is 500. The fourth-order valence-electron chi connectivity index (χ4n) is 3.49. The zero-order chi connectivity index (χ0) is 21.4. The van der Waals surface area contributed by atoms with Crippen LogP contribution in [0.1, 0.15) is 38.5 Å². The summed E-state index contributed by atoms with van der Waals surface area (Å²) in [6.45, 7) is 4.82. The van der Waals surface area contributed by atoms with Crippen molar-refractivity contribution in [1.82, 2.24) is 16.0 Å². The first-order valence-electron chi connectivity index (χ1n) is 11.1. The molecular weight excluding hydrogens is 408 g/mol. The minimum absolute atomic E-state index is 0.0464. The molecule has 0 aliphatic carbocycles. The van der Waals surface area contributed by atoms with E-state index in [1.165, 1.54) is 0 Å². The maximum absolute atomic E-state index is 11.9. The van der Waals surface area contributed by atoms with Gasteiger partial charge in [0.25, 0.3) is 0 Å². The first kappa shape index (κ1) is 25.2. The molecule has 0 aromatic carbocycles. The van der Waals surface area contributed by atoms with E-state index in [0.29, 0.717) is 64.4 Å². The average molecular weight is 447 g/mol. The van der Waals surface area contributed by atoms with Crippen molar-refractivity contribution in [1.29, 1.82) is 0 Å². The molecule has 3 atom stereocenters. The second-order valence-corrected chi connectivity index (χ2v) is 8.82. The van der Waals surface area contributed by atoms with Gasteiger partial charge in [-0.15, -0.1) is 0 Å². The van der Waals surface area contributed by atoms with Crippen molar-refractivity contribution in [3.8, 4) is 0 Å². The quantitative estimate of drug-likeness (QED) is 0.180. The van der Waals surface area contributed by atoms with Crippen LogP contribution in [0.15, 0.2) is 0 Å². The number of thioether (sulfide) groups is 1. The number of carbonyl (C=O) groups excluding carboxylic acids is 2. The van der Waals surface area contributed by atoms with Gasteiger partial charge in [-0.25, -0.2) is 4.79 Å². The molecule has 9 nitrogen and oxygen atoms in total. The molecule has 0 aromatic heterocycles. The Morgan fingerprint density at radius 3 is 2.43 bits per heavy atom. The van der Waals surface area contributed by atoms with E-state index in [0.717, 1.165) is 37.9 Å². The summed E-state index contributed by atoms with van der Waals surface area (Å²) < 4.78 is 16.2. The Labute approximate surface area is 183 Å². The summed E-state index contributed by atoms with van der Waals surface area (Å²) in [7, 11) is 0. The lowest BCUT2D eigenvalue weighted by atomic mass is 10.0. The standard InChI is InChI=1S/C20H38N4O5S/c21-7-3-9-27-11-13-29-14-12-28-10-4-8-22-18(25)6-2-1-5-17-19-16(15-30-17)23-20(26)24-19/h16-17,19H,1-15,21H2,(H,22,25)(H2,23,24,26). The highest BCUT2D eigenvalue weighted by Crippen LogP contribution is 2.33. The second-order valence-electron chi connectivity index (χ2n) is 7.55. The third-order valence-electron chi connectivity index (χ3n) is 5.11. The third kappa shape index (κ3) is 10.3. The van der Waals surface area contributed by atoms with Crippen LogP contribution in [0.3, 0.4) is 0 Å². The molecule has 5 N–H and O–H groups in total. The molecule has 2 heterocycles. The van der Waals surface area contributed by atoms with E-state index < -0.39 is 0 Å². The number of unbranched alkanes of at least 4 members (excludes halogenated alkanes) is 1. The van der Waals surface area contributed by atoms with E-state index in [1.807, 2.05) is 11.8 Å². The highest BCUT2D eigenvalue weighted by Gasteiger charge is 2.42. The summed E-state index contributed by atoms with van der Waals surface area (Å²) in [5.41, 5.74) is 5.38. The zero-order valence-corrected chi connectivity index (χ0v) is 18.7. The van der Waals surface area contributed by atoms with Crippen LogP contribution in [0.4, 0.5) is 4.79 Å². The number of fused-ring (bicyclic) bond motifs is 1. The number of ether oxygens (including phenoxy) is 3. The molecule has 3 unspecified atom stereocenters. The largest absolute Gasteiger partial charge is 0.379 e. The molecule has 2 saturated heterocycles. The summed E-state index contributed by atoms with van der Waals surface area (Å²) in [6, 6.07) is 0.469. The van der Waals surface area contributed by atoms with Gasteiger partial charge in [-0.3, -0.25) is 4.79 Å². The molecule has 0 saturated carbocycles. The van der Waals surface area contributed by atoms with Gasteiger partial charge in [0.1, 0.15) is 0 Å². The lowest BCUT2D eigenvalue weighted by molar-refractivity contribution is -0.121. The predicted molar refractivity (Wildman–Crippen MR) is 118 cm³/mol. The van der Waals surface area contributed by atoms with Gasteiger partial charge in [-0.1, -0.05) is 6.42 Å². The van der Waals surface area contributed by atoms with Crippen LogP contribution < -0.4 is 21.7 Å². The Morgan fingerprint density at radius 1 is 1.00 bits per heavy atom. The number of carbonyl (C=O) groups is 2. The van der Waals surface area contributed by atoms with Crippen LogP contribution in [0.5, 0.6) is 0 Å². The molecule has 174 valence electrons. The van der Waals surface area contributed by atoms with Crippen molar-refractivity contribution in [2.75, 3.05) is 58.5 Å². The topological polar surface area (TPSA) is 124 Å². The SMILES string of the molecule is NCCCOCCOCCOCCCNC(=O)CCCCC1SCC2NC(=O)NC21. The van der Waals surface area contributed by atoms with Crippen LogP contribution in [0.25, 0.3) is 0 Å². The average Bonchev–Trinajstić information content (AvgIpc) is 3.28. The van der Waals surface area contributed by atoms with Crippen LogP contribution in [-0.4, -0.2) is 87.8 Å². The van der Waals surface area contributed by atoms with Crippen molar-refractivity contribution in [2.45, 2.75) is 55.9 Å². The summed E-state index contributed by atoms with van der Waals surface area (Å²) in [5.74, 6) is 1.08. The molecular formula is C20H38N4O5S. The lowest BCUT2D eigenvalue weighted by Crippen LogP contribution is -2.36. The molecule has 0 aromatic rings. The summed E-state index contributed by atoms with van der Waals surface area (Å²) in [6.07, 6.45) is 5.15. The van der Waals surface area contributed by atoms with E-state index in [2.05, 4.69) is 16.0 Å². The highest BCUT2D eigenvalue weighted by atomic mass is 32.2. The number of amides is 3. The molecule has 2 aliphatic heterocycles. The van der Waals surface area contributed by atoms with Gasteiger partial charge in [0.05, 0.1) is 38.5 Å². The minimum Gasteiger partial charge on any atom is -0.379 e. The maximum Gasteiger partial charge on any atom is 0.315 e. The number of nitrogens with one attached hydrogen (secondary N) is 3. The smallest absolute Gasteiger partial charge is 0.315 e. The van der Waals surface area contributed by atoms with E-state index in [9.17, 15) is 9.59 Å². The fourth-order valence-corrected chi connectivity index (χ4v) is 5.04. The first-order chi connectivity index (χ1) is 14.7. The van der Waals surface area contributed by atoms with Gasteiger partial charge in [0, 0.05) is 37.2 Å². The van der Waals surface area contributed by atoms with Crippen molar-refractivity contribution in [3.63, 3.8) is 0 Å². The Balaban J connectivity index is 1.31. The molecule has 2 rings (SSSR count). The molecule has 2 aliphatic rings. The number of rotatable bonds is 18. The van der Waals surface area contributed by atoms with Crippen molar-refractivity contribution in [2.24, 2.45) is 5.73 Å². The number of nitrogens with two attached hydrogens (primary N) is 1. The Hall–Kier alpha value is -1.07. The highest BCUT2D eigenvalue weighted by molar-refractivity contribution is 8.00. The lowest BCUT2D eigenvalue weighted by Gasteiger charge is -2.16. The van der Waals surface area contributed by atoms with E-state index >= 15 is 0 Å². The molecule has 0 bridgehead atoms. The van der Waals surface area contributed by atoms with E-state index in [4.69, 9.17) is 19.9 Å². The molecule has 30 heavy (non-hydrogen) atoms. The molecule has 2 fully saturated rings. The van der Waals surface area contributed by atoms with Crippen LogP contribution in [-0.2, 0) is 19.0 Å². The van der Waals surface area contributed by atoms with Gasteiger partial charge >= 0.3 is 6.03 Å². The van der Waals surface area contributed by atoms with Gasteiger partial charge in [0.15, 0.2) is 0 Å². The normalized spacial score (nSPS) is 22.6.